The van der Waals surface area contributed by atoms with E-state index in [0.29, 0.717) is 12.4 Å². The van der Waals surface area contributed by atoms with E-state index in [1.54, 1.807) is 14.0 Å². The van der Waals surface area contributed by atoms with Crippen LogP contribution in [-0.2, 0) is 16.6 Å². The lowest BCUT2D eigenvalue weighted by Gasteiger charge is -2.14. The Bertz CT molecular complexity index is 648. The van der Waals surface area contributed by atoms with Gasteiger partial charge in [-0.2, -0.15) is 4.31 Å². The number of aromatic amines is 1. The molecule has 0 radical (unpaired) electrons. The summed E-state index contributed by atoms with van der Waals surface area (Å²) in [6.07, 6.45) is 1.34. The molecule has 2 aromatic rings. The second-order valence-corrected chi connectivity index (χ2v) is 7.75. The number of nitrogens with zero attached hydrogens (tertiary/aromatic N) is 2. The molecule has 0 fully saturated rings. The molecule has 0 aliphatic carbocycles. The van der Waals surface area contributed by atoms with Crippen LogP contribution in [0.25, 0.3) is 0 Å². The average Bonchev–Trinajstić information content (AvgIpc) is 2.88. The lowest BCUT2D eigenvalue weighted by atomic mass is 10.5. The predicted octanol–water partition coefficient (Wildman–Crippen LogP) is 2.36. The normalized spacial score (nSPS) is 12.2. The highest BCUT2D eigenvalue weighted by Gasteiger charge is 2.23. The minimum Gasteiger partial charge on any atom is -0.332 e. The summed E-state index contributed by atoms with van der Waals surface area (Å²) in [5.74, 6) is 0.584. The Hall–Kier alpha value is -0.700. The maximum absolute atomic E-state index is 12.2. The summed E-state index contributed by atoms with van der Waals surface area (Å²) < 4.78 is 26.7. The van der Waals surface area contributed by atoms with Crippen LogP contribution in [0.1, 0.15) is 10.7 Å². The number of aromatic nitrogens is 2. The fourth-order valence-electron chi connectivity index (χ4n) is 1.44. The molecule has 8 heteroatoms. The van der Waals surface area contributed by atoms with Crippen LogP contribution in [0.5, 0.6) is 0 Å². The molecular weight excluding hydrogens is 338 g/mol. The molecule has 5 nitrogen and oxygen atoms in total. The second kappa shape index (κ2) is 5.12. The minimum absolute atomic E-state index is 0.123. The third-order valence-corrected chi connectivity index (χ3v) is 5.76. The second-order valence-electron chi connectivity index (χ2n) is 3.83. The van der Waals surface area contributed by atoms with Gasteiger partial charge in [0.1, 0.15) is 5.82 Å². The fraction of sp³-hybridized carbons (Fsp3) is 0.300. The Morgan fingerprint density at radius 1 is 1.56 bits per heavy atom. The highest BCUT2D eigenvalue weighted by molar-refractivity contribution is 9.10. The van der Waals surface area contributed by atoms with Crippen molar-refractivity contribution in [3.05, 3.63) is 32.8 Å². The molecule has 98 valence electrons. The highest BCUT2D eigenvalue weighted by atomic mass is 79.9. The van der Waals surface area contributed by atoms with Gasteiger partial charge in [0, 0.05) is 28.3 Å². The number of imidazole rings is 1. The molecule has 0 bridgehead atoms. The van der Waals surface area contributed by atoms with Crippen molar-refractivity contribution in [1.29, 1.82) is 0 Å². The number of sulfonamides is 1. The molecule has 1 N–H and O–H groups in total. The fourth-order valence-corrected chi connectivity index (χ4v) is 4.13. The molecule has 0 unspecified atom stereocenters. The van der Waals surface area contributed by atoms with Crippen LogP contribution < -0.4 is 0 Å². The van der Waals surface area contributed by atoms with Crippen molar-refractivity contribution in [3.63, 3.8) is 0 Å². The maximum atomic E-state index is 12.2. The maximum Gasteiger partial charge on any atom is 0.260 e. The van der Waals surface area contributed by atoms with Gasteiger partial charge in [0.25, 0.3) is 10.0 Å². The van der Waals surface area contributed by atoms with Crippen molar-refractivity contribution in [2.24, 2.45) is 0 Å². The Morgan fingerprint density at radius 2 is 2.28 bits per heavy atom. The van der Waals surface area contributed by atoms with Gasteiger partial charge >= 0.3 is 0 Å². The van der Waals surface area contributed by atoms with Gasteiger partial charge in [-0.1, -0.05) is 0 Å². The molecular formula is C10H12BrN3O2S2. The molecule has 0 atom stereocenters. The molecule has 2 heterocycles. The van der Waals surface area contributed by atoms with Crippen LogP contribution in [0.15, 0.2) is 27.1 Å². The number of H-pyrrole nitrogens is 1. The Labute approximate surface area is 118 Å². The van der Waals surface area contributed by atoms with E-state index in [1.807, 2.05) is 11.4 Å². The summed E-state index contributed by atoms with van der Waals surface area (Å²) in [4.78, 5) is 7.63. The number of aryl methyl sites for hydroxylation is 1. The first-order chi connectivity index (χ1) is 8.39. The first-order valence-electron chi connectivity index (χ1n) is 5.10. The zero-order chi connectivity index (χ0) is 13.3. The lowest BCUT2D eigenvalue weighted by Crippen LogP contribution is -2.26. The molecule has 0 aliphatic heterocycles. The van der Waals surface area contributed by atoms with E-state index < -0.39 is 10.0 Å². The quantitative estimate of drug-likeness (QED) is 0.921. The van der Waals surface area contributed by atoms with Crippen molar-refractivity contribution in [3.8, 4) is 0 Å². The third kappa shape index (κ3) is 2.82. The number of rotatable bonds is 4. The Kier molecular flexibility index (Phi) is 3.90. The standard InChI is InChI=1S/C10H12BrN3O2S2/c1-7-12-4-10(13-7)18(15,16)14(2)5-9-3-8(11)6-17-9/h3-4,6H,5H2,1-2H3,(H,12,13). The zero-order valence-electron chi connectivity index (χ0n) is 9.84. The summed E-state index contributed by atoms with van der Waals surface area (Å²) in [7, 11) is -1.95. The van der Waals surface area contributed by atoms with Crippen LogP contribution in [0, 0.1) is 6.92 Å². The van der Waals surface area contributed by atoms with Crippen molar-refractivity contribution in [2.45, 2.75) is 18.5 Å². The molecule has 0 saturated heterocycles. The van der Waals surface area contributed by atoms with Crippen LogP contribution in [0.4, 0.5) is 0 Å². The molecule has 0 spiro atoms. The molecule has 0 amide bonds. The van der Waals surface area contributed by atoms with Crippen LogP contribution in [-0.4, -0.2) is 29.7 Å². The van der Waals surface area contributed by atoms with Crippen molar-refractivity contribution in [2.75, 3.05) is 7.05 Å². The number of hydrogen-bond acceptors (Lipinski definition) is 4. The summed E-state index contributed by atoms with van der Waals surface area (Å²) in [5.41, 5.74) is 0. The first kappa shape index (κ1) is 13.7. The molecule has 0 saturated carbocycles. The monoisotopic (exact) mass is 349 g/mol. The van der Waals surface area contributed by atoms with Crippen LogP contribution in [0.3, 0.4) is 0 Å². The third-order valence-electron chi connectivity index (χ3n) is 2.37. The van der Waals surface area contributed by atoms with Crippen molar-refractivity contribution < 1.29 is 8.42 Å². The van der Waals surface area contributed by atoms with Crippen molar-refractivity contribution in [1.82, 2.24) is 14.3 Å². The van der Waals surface area contributed by atoms with Crippen LogP contribution in [0.2, 0.25) is 0 Å². The molecule has 0 aliphatic rings. The van der Waals surface area contributed by atoms with Gasteiger partial charge in [-0.25, -0.2) is 13.4 Å². The van der Waals surface area contributed by atoms with Gasteiger partial charge in [-0.15, -0.1) is 11.3 Å². The molecule has 2 rings (SSSR count). The lowest BCUT2D eigenvalue weighted by molar-refractivity contribution is 0.467. The largest absolute Gasteiger partial charge is 0.332 e. The van der Waals surface area contributed by atoms with E-state index in [-0.39, 0.29) is 5.03 Å². The summed E-state index contributed by atoms with van der Waals surface area (Å²) in [6.45, 7) is 2.06. The number of halogens is 1. The van der Waals surface area contributed by atoms with Gasteiger partial charge in [0.2, 0.25) is 0 Å². The Morgan fingerprint density at radius 3 is 2.78 bits per heavy atom. The highest BCUT2D eigenvalue weighted by Crippen LogP contribution is 2.22. The van der Waals surface area contributed by atoms with Crippen molar-refractivity contribution >= 4 is 37.3 Å². The summed E-state index contributed by atoms with van der Waals surface area (Å²) in [6, 6.07) is 1.91. The van der Waals surface area contributed by atoms with Gasteiger partial charge < -0.3 is 4.98 Å². The van der Waals surface area contributed by atoms with E-state index in [2.05, 4.69) is 25.9 Å². The average molecular weight is 350 g/mol. The van der Waals surface area contributed by atoms with Gasteiger partial charge in [0.05, 0.1) is 6.20 Å². The van der Waals surface area contributed by atoms with E-state index in [0.717, 1.165) is 9.35 Å². The number of hydrogen-bond donors (Lipinski definition) is 1. The van der Waals surface area contributed by atoms with Gasteiger partial charge in [0.15, 0.2) is 5.03 Å². The predicted molar refractivity (Wildman–Crippen MR) is 74.0 cm³/mol. The number of nitrogens with one attached hydrogen (secondary N) is 1. The van der Waals surface area contributed by atoms with Gasteiger partial charge in [-0.3, -0.25) is 0 Å². The molecule has 0 aromatic carbocycles. The van der Waals surface area contributed by atoms with E-state index in [9.17, 15) is 8.42 Å². The van der Waals surface area contributed by atoms with Gasteiger partial charge in [-0.05, 0) is 28.9 Å². The van der Waals surface area contributed by atoms with E-state index in [1.165, 1.54) is 21.8 Å². The Balaban J connectivity index is 2.20. The van der Waals surface area contributed by atoms with E-state index in [4.69, 9.17) is 0 Å². The van der Waals surface area contributed by atoms with E-state index >= 15 is 0 Å². The summed E-state index contributed by atoms with van der Waals surface area (Å²) in [5, 5.41) is 2.05. The van der Waals surface area contributed by atoms with Crippen LogP contribution >= 0.6 is 27.3 Å². The molecule has 2 aromatic heterocycles. The topological polar surface area (TPSA) is 66.1 Å². The minimum atomic E-state index is -3.50. The molecule has 18 heavy (non-hydrogen) atoms. The number of thiophene rings is 1. The SMILES string of the molecule is Cc1ncc(S(=O)(=O)N(C)Cc2cc(Br)cs2)[nH]1. The zero-order valence-corrected chi connectivity index (χ0v) is 13.1. The first-order valence-corrected chi connectivity index (χ1v) is 8.22. The smallest absolute Gasteiger partial charge is 0.260 e. The summed E-state index contributed by atoms with van der Waals surface area (Å²) >= 11 is 4.86.